The first-order chi connectivity index (χ1) is 11.3. The minimum atomic E-state index is 0.342. The molecule has 1 aromatic carbocycles. The van der Waals surface area contributed by atoms with Crippen molar-refractivity contribution in [1.82, 2.24) is 4.90 Å². The maximum Gasteiger partial charge on any atom is 0.0462 e. The van der Waals surface area contributed by atoms with E-state index in [1.165, 1.54) is 37.1 Å². The van der Waals surface area contributed by atoms with E-state index >= 15 is 0 Å². The first-order valence-corrected chi connectivity index (χ1v) is 9.14. The number of rotatable bonds is 5. The third kappa shape index (κ3) is 4.39. The number of hydrogen-bond donors (Lipinski definition) is 2. The number of likely N-dealkylation sites (N-methyl/N-ethyl adjacent to an activating group) is 1. The largest absolute Gasteiger partial charge is 0.396 e. The van der Waals surface area contributed by atoms with Gasteiger partial charge in [0.15, 0.2) is 0 Å². The summed E-state index contributed by atoms with van der Waals surface area (Å²) < 4.78 is 0. The first kappa shape index (κ1) is 16.6. The third-order valence-corrected chi connectivity index (χ3v) is 5.61. The van der Waals surface area contributed by atoms with Gasteiger partial charge in [-0.25, -0.2) is 0 Å². The topological polar surface area (TPSA) is 38.7 Å². The highest BCUT2D eigenvalue weighted by atomic mass is 16.3. The highest BCUT2D eigenvalue weighted by molar-refractivity contribution is 5.55. The Morgan fingerprint density at radius 3 is 2.30 bits per heavy atom. The Balaban J connectivity index is 1.51. The summed E-state index contributed by atoms with van der Waals surface area (Å²) >= 11 is 0. The molecule has 1 aromatic rings. The van der Waals surface area contributed by atoms with Crippen LogP contribution in [-0.2, 0) is 0 Å². The van der Waals surface area contributed by atoms with Gasteiger partial charge in [-0.3, -0.25) is 0 Å². The number of aliphatic hydroxyl groups excluding tert-OH is 1. The van der Waals surface area contributed by atoms with E-state index in [1.807, 2.05) is 0 Å². The first-order valence-electron chi connectivity index (χ1n) is 9.14. The van der Waals surface area contributed by atoms with Gasteiger partial charge in [-0.2, -0.15) is 0 Å². The van der Waals surface area contributed by atoms with Crippen LogP contribution in [0.2, 0.25) is 0 Å². The van der Waals surface area contributed by atoms with E-state index in [0.717, 1.165) is 32.7 Å². The van der Waals surface area contributed by atoms with E-state index in [9.17, 15) is 5.11 Å². The van der Waals surface area contributed by atoms with Crippen molar-refractivity contribution in [3.8, 4) is 0 Å². The van der Waals surface area contributed by atoms with Crippen LogP contribution in [0, 0.1) is 11.8 Å². The number of hydrogen-bond acceptors (Lipinski definition) is 4. The van der Waals surface area contributed by atoms with Crippen molar-refractivity contribution < 1.29 is 5.11 Å². The zero-order chi connectivity index (χ0) is 16.1. The van der Waals surface area contributed by atoms with Gasteiger partial charge in [0.2, 0.25) is 0 Å². The molecule has 0 aromatic heterocycles. The normalized spacial score (nSPS) is 26.3. The second-order valence-electron chi connectivity index (χ2n) is 7.21. The standard InChI is InChI=1S/C19H31N3O/c1-21-10-12-22(13-11-21)19-8-6-18(7-9-19)20-14-16-4-2-3-5-17(16)15-23/h6-9,16-17,20,23H,2-5,10-15H2,1H3. The maximum atomic E-state index is 9.52. The van der Waals surface area contributed by atoms with Gasteiger partial charge >= 0.3 is 0 Å². The SMILES string of the molecule is CN1CCN(c2ccc(NCC3CCCCC3CO)cc2)CC1. The number of nitrogens with zero attached hydrogens (tertiary/aromatic N) is 2. The van der Waals surface area contributed by atoms with Crippen LogP contribution in [-0.4, -0.2) is 56.4 Å². The molecule has 1 saturated heterocycles. The van der Waals surface area contributed by atoms with Gasteiger partial charge in [-0.1, -0.05) is 12.8 Å². The summed E-state index contributed by atoms with van der Waals surface area (Å²) in [5, 5.41) is 13.1. The summed E-state index contributed by atoms with van der Waals surface area (Å²) in [6.07, 6.45) is 5.02. The quantitative estimate of drug-likeness (QED) is 0.876. The molecule has 3 rings (SSSR count). The Hall–Kier alpha value is -1.26. The molecule has 0 amide bonds. The van der Waals surface area contributed by atoms with Gasteiger partial charge in [0, 0.05) is 50.7 Å². The van der Waals surface area contributed by atoms with Gasteiger partial charge in [-0.05, 0) is 56.0 Å². The zero-order valence-corrected chi connectivity index (χ0v) is 14.4. The molecule has 2 atom stereocenters. The Morgan fingerprint density at radius 2 is 1.65 bits per heavy atom. The number of aliphatic hydroxyl groups is 1. The predicted molar refractivity (Wildman–Crippen MR) is 97.2 cm³/mol. The molecule has 2 fully saturated rings. The molecule has 2 N–H and O–H groups in total. The zero-order valence-electron chi connectivity index (χ0n) is 14.4. The van der Waals surface area contributed by atoms with Crippen molar-refractivity contribution in [2.45, 2.75) is 25.7 Å². The minimum absolute atomic E-state index is 0.342. The van der Waals surface area contributed by atoms with Crippen molar-refractivity contribution >= 4 is 11.4 Å². The van der Waals surface area contributed by atoms with E-state index in [-0.39, 0.29) is 0 Å². The summed E-state index contributed by atoms with van der Waals surface area (Å²) in [5.74, 6) is 1.10. The van der Waals surface area contributed by atoms with Crippen molar-refractivity contribution in [3.63, 3.8) is 0 Å². The summed E-state index contributed by atoms with van der Waals surface area (Å²) in [5.41, 5.74) is 2.53. The highest BCUT2D eigenvalue weighted by Crippen LogP contribution is 2.30. The molecule has 2 unspecified atom stereocenters. The summed E-state index contributed by atoms with van der Waals surface area (Å²) in [6, 6.07) is 8.87. The molecule has 0 spiro atoms. The lowest BCUT2D eigenvalue weighted by Crippen LogP contribution is -2.44. The number of nitrogens with one attached hydrogen (secondary N) is 1. The molecule has 4 heteroatoms. The fourth-order valence-corrected chi connectivity index (χ4v) is 3.90. The Labute approximate surface area is 140 Å². The van der Waals surface area contributed by atoms with Crippen LogP contribution in [0.5, 0.6) is 0 Å². The predicted octanol–water partition coefficient (Wildman–Crippen LogP) is 2.65. The van der Waals surface area contributed by atoms with E-state index in [4.69, 9.17) is 0 Å². The van der Waals surface area contributed by atoms with Crippen molar-refractivity contribution in [3.05, 3.63) is 24.3 Å². The Morgan fingerprint density at radius 1 is 1.00 bits per heavy atom. The molecule has 0 radical (unpaired) electrons. The molecular formula is C19H31N3O. The van der Waals surface area contributed by atoms with Crippen LogP contribution in [0.15, 0.2) is 24.3 Å². The van der Waals surface area contributed by atoms with Crippen LogP contribution < -0.4 is 10.2 Å². The molecule has 23 heavy (non-hydrogen) atoms. The fourth-order valence-electron chi connectivity index (χ4n) is 3.90. The Kier molecular flexibility index (Phi) is 5.79. The fraction of sp³-hybridized carbons (Fsp3) is 0.684. The second kappa shape index (κ2) is 8.02. The summed E-state index contributed by atoms with van der Waals surface area (Å²) in [4.78, 5) is 4.85. The minimum Gasteiger partial charge on any atom is -0.396 e. The number of anilines is 2. The molecule has 2 aliphatic rings. The average Bonchev–Trinajstić information content (AvgIpc) is 2.61. The van der Waals surface area contributed by atoms with Crippen LogP contribution in [0.4, 0.5) is 11.4 Å². The molecule has 1 saturated carbocycles. The molecule has 1 heterocycles. The van der Waals surface area contributed by atoms with Crippen molar-refractivity contribution in [2.24, 2.45) is 11.8 Å². The number of benzene rings is 1. The molecule has 0 bridgehead atoms. The molecule has 1 aliphatic carbocycles. The van der Waals surface area contributed by atoms with E-state index in [1.54, 1.807) is 0 Å². The van der Waals surface area contributed by atoms with Crippen LogP contribution in [0.3, 0.4) is 0 Å². The van der Waals surface area contributed by atoms with Crippen molar-refractivity contribution in [2.75, 3.05) is 56.6 Å². The average molecular weight is 317 g/mol. The lowest BCUT2D eigenvalue weighted by molar-refractivity contribution is 0.141. The smallest absolute Gasteiger partial charge is 0.0462 e. The van der Waals surface area contributed by atoms with Crippen LogP contribution >= 0.6 is 0 Å². The van der Waals surface area contributed by atoms with E-state index in [0.29, 0.717) is 18.4 Å². The molecule has 1 aliphatic heterocycles. The summed E-state index contributed by atoms with van der Waals surface area (Å²) in [6.45, 7) is 5.84. The van der Waals surface area contributed by atoms with E-state index in [2.05, 4.69) is 46.4 Å². The third-order valence-electron chi connectivity index (χ3n) is 5.61. The maximum absolute atomic E-state index is 9.52. The highest BCUT2D eigenvalue weighted by Gasteiger charge is 2.24. The van der Waals surface area contributed by atoms with Crippen LogP contribution in [0.1, 0.15) is 25.7 Å². The van der Waals surface area contributed by atoms with Crippen LogP contribution in [0.25, 0.3) is 0 Å². The lowest BCUT2D eigenvalue weighted by atomic mass is 9.79. The number of piperazine rings is 1. The van der Waals surface area contributed by atoms with Crippen molar-refractivity contribution in [1.29, 1.82) is 0 Å². The lowest BCUT2D eigenvalue weighted by Gasteiger charge is -2.34. The summed E-state index contributed by atoms with van der Waals surface area (Å²) in [7, 11) is 2.19. The molecular weight excluding hydrogens is 286 g/mol. The van der Waals surface area contributed by atoms with Gasteiger partial charge in [0.05, 0.1) is 0 Å². The second-order valence-corrected chi connectivity index (χ2v) is 7.21. The molecule has 128 valence electrons. The van der Waals surface area contributed by atoms with Gasteiger partial charge in [0.25, 0.3) is 0 Å². The molecule has 4 nitrogen and oxygen atoms in total. The van der Waals surface area contributed by atoms with E-state index < -0.39 is 0 Å². The van der Waals surface area contributed by atoms with Gasteiger partial charge < -0.3 is 20.2 Å². The Bertz CT molecular complexity index is 468. The monoisotopic (exact) mass is 317 g/mol. The van der Waals surface area contributed by atoms with Gasteiger partial charge in [0.1, 0.15) is 0 Å². The van der Waals surface area contributed by atoms with Gasteiger partial charge in [-0.15, -0.1) is 0 Å².